The van der Waals surface area contributed by atoms with Crippen molar-refractivity contribution in [2.24, 2.45) is 0 Å². The molecule has 3 N–H and O–H groups in total. The van der Waals surface area contributed by atoms with Gasteiger partial charge < -0.3 is 10.2 Å². The Balaban J connectivity index is 2.43. The lowest BCUT2D eigenvalue weighted by Gasteiger charge is -2.08. The van der Waals surface area contributed by atoms with E-state index in [2.05, 4.69) is 4.72 Å². The van der Waals surface area contributed by atoms with E-state index in [0.29, 0.717) is 6.42 Å². The molecule has 7 heteroatoms. The third kappa shape index (κ3) is 5.26. The van der Waals surface area contributed by atoms with Crippen molar-refractivity contribution in [2.75, 3.05) is 12.3 Å². The maximum absolute atomic E-state index is 11.5. The number of aliphatic carboxylic acids is 1. The van der Waals surface area contributed by atoms with Gasteiger partial charge in [-0.1, -0.05) is 30.3 Å². The smallest absolute Gasteiger partial charge is 0.333 e. The van der Waals surface area contributed by atoms with Gasteiger partial charge >= 0.3 is 5.97 Å². The Hall–Kier alpha value is -1.44. The molecule has 0 fully saturated rings. The normalized spacial score (nSPS) is 13.2. The van der Waals surface area contributed by atoms with Gasteiger partial charge in [-0.15, -0.1) is 0 Å². The van der Waals surface area contributed by atoms with E-state index < -0.39 is 28.6 Å². The number of nitrogens with one attached hydrogen (secondary N) is 1. The number of hydrogen-bond donors (Lipinski definition) is 3. The first kappa shape index (κ1) is 14.6. The summed E-state index contributed by atoms with van der Waals surface area (Å²) in [6.45, 7) is -0.521. The minimum Gasteiger partial charge on any atom is -0.479 e. The number of carboxylic acid groups (broad SMARTS) is 1. The number of carboxylic acids is 1. The molecule has 0 saturated carbocycles. The zero-order chi connectivity index (χ0) is 13.6. The Morgan fingerprint density at radius 2 is 1.89 bits per heavy atom. The average molecular weight is 273 g/mol. The second-order valence-electron chi connectivity index (χ2n) is 3.76. The SMILES string of the molecule is O=C(O)C(O)CNS(=O)(=O)CCc1ccccc1. The fraction of sp³-hybridized carbons (Fsp3) is 0.364. The molecule has 0 radical (unpaired) electrons. The van der Waals surface area contributed by atoms with Crippen molar-refractivity contribution in [1.82, 2.24) is 4.72 Å². The predicted molar refractivity (Wildman–Crippen MR) is 65.6 cm³/mol. The number of sulfonamides is 1. The van der Waals surface area contributed by atoms with Gasteiger partial charge in [0.15, 0.2) is 6.10 Å². The summed E-state index contributed by atoms with van der Waals surface area (Å²) in [5, 5.41) is 17.4. The molecule has 0 bridgehead atoms. The first-order valence-corrected chi connectivity index (χ1v) is 6.98. The maximum atomic E-state index is 11.5. The fourth-order valence-electron chi connectivity index (χ4n) is 1.26. The van der Waals surface area contributed by atoms with Crippen LogP contribution >= 0.6 is 0 Å². The standard InChI is InChI=1S/C11H15NO5S/c13-10(11(14)15)8-12-18(16,17)7-6-9-4-2-1-3-5-9/h1-5,10,12-13H,6-8H2,(H,14,15). The van der Waals surface area contributed by atoms with Gasteiger partial charge in [-0.25, -0.2) is 17.9 Å². The van der Waals surface area contributed by atoms with Crippen molar-refractivity contribution in [3.05, 3.63) is 35.9 Å². The van der Waals surface area contributed by atoms with Crippen molar-refractivity contribution in [2.45, 2.75) is 12.5 Å². The number of hydrogen-bond acceptors (Lipinski definition) is 4. The van der Waals surface area contributed by atoms with Crippen LogP contribution in [0.3, 0.4) is 0 Å². The van der Waals surface area contributed by atoms with Crippen molar-refractivity contribution in [1.29, 1.82) is 0 Å². The van der Waals surface area contributed by atoms with Crippen LogP contribution in [0, 0.1) is 0 Å². The summed E-state index contributed by atoms with van der Waals surface area (Å²) in [5.41, 5.74) is 0.877. The minimum atomic E-state index is -3.58. The number of carbonyl (C=O) groups is 1. The summed E-state index contributed by atoms with van der Waals surface area (Å²) in [6, 6.07) is 9.07. The molecule has 0 aliphatic rings. The molecule has 0 aromatic heterocycles. The lowest BCUT2D eigenvalue weighted by Crippen LogP contribution is -2.37. The molecule has 18 heavy (non-hydrogen) atoms. The Labute approximate surface area is 105 Å². The maximum Gasteiger partial charge on any atom is 0.333 e. The topological polar surface area (TPSA) is 104 Å². The summed E-state index contributed by atoms with van der Waals surface area (Å²) < 4.78 is 25.1. The van der Waals surface area contributed by atoms with Crippen molar-refractivity contribution < 1.29 is 23.4 Å². The Morgan fingerprint density at radius 1 is 1.28 bits per heavy atom. The van der Waals surface area contributed by atoms with Crippen LogP contribution in [0.15, 0.2) is 30.3 Å². The Bertz CT molecular complexity index is 485. The van der Waals surface area contributed by atoms with Crippen LogP contribution in [0.2, 0.25) is 0 Å². The predicted octanol–water partition coefficient (Wildman–Crippen LogP) is -0.406. The number of aryl methyl sites for hydroxylation is 1. The van der Waals surface area contributed by atoms with Crippen molar-refractivity contribution in [3.63, 3.8) is 0 Å². The van der Waals surface area contributed by atoms with E-state index in [-0.39, 0.29) is 5.75 Å². The molecule has 0 spiro atoms. The molecule has 0 saturated heterocycles. The van der Waals surface area contributed by atoms with E-state index >= 15 is 0 Å². The van der Waals surface area contributed by atoms with E-state index in [1.54, 1.807) is 0 Å². The number of benzene rings is 1. The second kappa shape index (κ2) is 6.48. The van der Waals surface area contributed by atoms with Gasteiger partial charge in [-0.3, -0.25) is 0 Å². The summed E-state index contributed by atoms with van der Waals surface area (Å²) in [4.78, 5) is 10.3. The van der Waals surface area contributed by atoms with Crippen LogP contribution < -0.4 is 4.72 Å². The lowest BCUT2D eigenvalue weighted by atomic mass is 10.2. The fourth-order valence-corrected chi connectivity index (χ4v) is 2.32. The monoisotopic (exact) mass is 273 g/mol. The number of aliphatic hydroxyl groups excluding tert-OH is 1. The molecule has 100 valence electrons. The number of aliphatic hydroxyl groups is 1. The van der Waals surface area contributed by atoms with Gasteiger partial charge in [-0.2, -0.15) is 0 Å². The van der Waals surface area contributed by atoms with E-state index in [0.717, 1.165) is 5.56 Å². The van der Waals surface area contributed by atoms with Crippen LogP contribution in [-0.2, 0) is 21.2 Å². The average Bonchev–Trinajstić information content (AvgIpc) is 2.35. The highest BCUT2D eigenvalue weighted by molar-refractivity contribution is 7.89. The van der Waals surface area contributed by atoms with Crippen molar-refractivity contribution in [3.8, 4) is 0 Å². The molecule has 6 nitrogen and oxygen atoms in total. The molecule has 0 heterocycles. The van der Waals surface area contributed by atoms with Gasteiger partial charge in [0, 0.05) is 6.54 Å². The third-order valence-corrected chi connectivity index (χ3v) is 3.63. The largest absolute Gasteiger partial charge is 0.479 e. The summed E-state index contributed by atoms with van der Waals surface area (Å²) in [5.74, 6) is -1.61. The highest BCUT2D eigenvalue weighted by Gasteiger charge is 2.17. The zero-order valence-electron chi connectivity index (χ0n) is 9.61. The molecular weight excluding hydrogens is 258 g/mol. The van der Waals surface area contributed by atoms with Gasteiger partial charge in [0.1, 0.15) is 0 Å². The molecule has 1 rings (SSSR count). The molecule has 0 aliphatic carbocycles. The van der Waals surface area contributed by atoms with Crippen LogP contribution in [0.1, 0.15) is 5.56 Å². The second-order valence-corrected chi connectivity index (χ2v) is 5.68. The molecular formula is C11H15NO5S. The first-order valence-electron chi connectivity index (χ1n) is 5.33. The van der Waals surface area contributed by atoms with Crippen LogP contribution in [0.25, 0.3) is 0 Å². The summed E-state index contributed by atoms with van der Waals surface area (Å²) in [7, 11) is -3.58. The molecule has 0 aliphatic heterocycles. The lowest BCUT2D eigenvalue weighted by molar-refractivity contribution is -0.146. The van der Waals surface area contributed by atoms with Gasteiger partial charge in [0.05, 0.1) is 5.75 Å². The Morgan fingerprint density at radius 3 is 2.44 bits per heavy atom. The highest BCUT2D eigenvalue weighted by atomic mass is 32.2. The molecule has 1 atom stereocenters. The van der Waals surface area contributed by atoms with Gasteiger partial charge in [0.25, 0.3) is 0 Å². The van der Waals surface area contributed by atoms with Crippen LogP contribution in [0.5, 0.6) is 0 Å². The van der Waals surface area contributed by atoms with E-state index in [9.17, 15) is 13.2 Å². The molecule has 0 amide bonds. The summed E-state index contributed by atoms with van der Waals surface area (Å²) >= 11 is 0. The van der Waals surface area contributed by atoms with Gasteiger partial charge in [-0.05, 0) is 12.0 Å². The highest BCUT2D eigenvalue weighted by Crippen LogP contribution is 2.01. The third-order valence-electron chi connectivity index (χ3n) is 2.28. The summed E-state index contributed by atoms with van der Waals surface area (Å²) in [6.07, 6.45) is -1.39. The van der Waals surface area contributed by atoms with Crippen molar-refractivity contribution >= 4 is 16.0 Å². The molecule has 1 unspecified atom stereocenters. The van der Waals surface area contributed by atoms with Crippen LogP contribution in [-0.4, -0.2) is 43.0 Å². The van der Waals surface area contributed by atoms with E-state index in [4.69, 9.17) is 10.2 Å². The number of rotatable bonds is 7. The van der Waals surface area contributed by atoms with Gasteiger partial charge in [0.2, 0.25) is 10.0 Å². The minimum absolute atomic E-state index is 0.149. The Kier molecular flexibility index (Phi) is 5.26. The molecule has 1 aromatic carbocycles. The molecule has 1 aromatic rings. The van der Waals surface area contributed by atoms with E-state index in [1.165, 1.54) is 0 Å². The zero-order valence-corrected chi connectivity index (χ0v) is 10.4. The van der Waals surface area contributed by atoms with E-state index in [1.807, 2.05) is 30.3 Å². The quantitative estimate of drug-likeness (QED) is 0.627. The van der Waals surface area contributed by atoms with Crippen LogP contribution in [0.4, 0.5) is 0 Å². The first-order chi connectivity index (χ1) is 8.41.